The number of hydrogen-bond donors (Lipinski definition) is 1. The number of hydrogen-bond acceptors (Lipinski definition) is 6. The summed E-state index contributed by atoms with van der Waals surface area (Å²) >= 11 is 0. The van der Waals surface area contributed by atoms with E-state index in [1.807, 2.05) is 63.4 Å². The third-order valence-corrected chi connectivity index (χ3v) is 5.51. The number of benzene rings is 2. The van der Waals surface area contributed by atoms with E-state index in [4.69, 9.17) is 19.3 Å². The van der Waals surface area contributed by atoms with Crippen LogP contribution in [0.1, 0.15) is 33.3 Å². The molecular formula is C28H39N3O4. The van der Waals surface area contributed by atoms with Crippen molar-refractivity contribution in [3.8, 4) is 28.6 Å². The van der Waals surface area contributed by atoms with Crippen LogP contribution in [0.15, 0.2) is 54.6 Å². The normalized spacial score (nSPS) is 12.5. The van der Waals surface area contributed by atoms with Gasteiger partial charge in [-0.05, 0) is 44.0 Å². The molecule has 35 heavy (non-hydrogen) atoms. The first-order valence-corrected chi connectivity index (χ1v) is 12.2. The number of methoxy groups -OCH3 is 1. The number of ether oxygens (including phenoxy) is 3. The van der Waals surface area contributed by atoms with Crippen molar-refractivity contribution in [2.75, 3.05) is 26.8 Å². The maximum absolute atomic E-state index is 10.7. The Balaban J connectivity index is 1.95. The summed E-state index contributed by atoms with van der Waals surface area (Å²) in [5.74, 6) is 2.58. The van der Waals surface area contributed by atoms with E-state index in [2.05, 4.69) is 30.9 Å². The minimum Gasteiger partial charge on any atom is -0.497 e. The molecule has 0 unspecified atom stereocenters. The molecule has 1 N–H and O–H groups in total. The Morgan fingerprint density at radius 1 is 0.943 bits per heavy atom. The molecule has 3 rings (SSSR count). The average Bonchev–Trinajstić information content (AvgIpc) is 3.13. The highest BCUT2D eigenvalue weighted by Gasteiger charge is 2.24. The molecule has 0 aliphatic heterocycles. The molecule has 0 saturated carbocycles. The standard InChI is InChI=1S/C28H39N3O4/c1-20(2)16-31(17-23(32)19-34-21(3)4)18-26-27(22-10-8-7-9-11-22)29-30(5)28(26)35-25-14-12-24(33-6)13-15-25/h7-15,20-21,23,32H,16-19H2,1-6H3/t23-/m1/s1. The SMILES string of the molecule is COc1ccc(Oc2c(CN(CC(C)C)C[C@@H](O)COC(C)C)c(-c3ccccc3)nn2C)cc1. The lowest BCUT2D eigenvalue weighted by atomic mass is 10.1. The summed E-state index contributed by atoms with van der Waals surface area (Å²) in [4.78, 5) is 2.25. The van der Waals surface area contributed by atoms with E-state index in [-0.39, 0.29) is 6.10 Å². The van der Waals surface area contributed by atoms with Crippen LogP contribution in [0.3, 0.4) is 0 Å². The van der Waals surface area contributed by atoms with Crippen LogP contribution in [0, 0.1) is 5.92 Å². The maximum atomic E-state index is 10.7. The Bertz CT molecular complexity index is 1030. The van der Waals surface area contributed by atoms with E-state index >= 15 is 0 Å². The summed E-state index contributed by atoms with van der Waals surface area (Å²) < 4.78 is 19.1. The first-order chi connectivity index (χ1) is 16.8. The van der Waals surface area contributed by atoms with Crippen LogP contribution in [0.25, 0.3) is 11.3 Å². The molecule has 0 aliphatic rings. The Kier molecular flexibility index (Phi) is 9.72. The van der Waals surface area contributed by atoms with Gasteiger partial charge in [-0.3, -0.25) is 4.90 Å². The highest BCUT2D eigenvalue weighted by Crippen LogP contribution is 2.34. The summed E-state index contributed by atoms with van der Waals surface area (Å²) in [5, 5.41) is 15.5. The second-order valence-electron chi connectivity index (χ2n) is 9.52. The number of aryl methyl sites for hydroxylation is 1. The molecule has 0 spiro atoms. The smallest absolute Gasteiger partial charge is 0.222 e. The van der Waals surface area contributed by atoms with Gasteiger partial charge >= 0.3 is 0 Å². The number of aliphatic hydroxyl groups is 1. The number of rotatable bonds is 13. The number of nitrogens with zero attached hydrogens (tertiary/aromatic N) is 3. The van der Waals surface area contributed by atoms with Crippen molar-refractivity contribution in [2.45, 2.75) is 46.4 Å². The fourth-order valence-electron chi connectivity index (χ4n) is 4.00. The van der Waals surface area contributed by atoms with Gasteiger partial charge in [0.15, 0.2) is 0 Å². The molecule has 1 atom stereocenters. The van der Waals surface area contributed by atoms with Crippen molar-refractivity contribution in [1.82, 2.24) is 14.7 Å². The van der Waals surface area contributed by atoms with Crippen molar-refractivity contribution in [1.29, 1.82) is 0 Å². The molecule has 7 heteroatoms. The topological polar surface area (TPSA) is 69.0 Å². The van der Waals surface area contributed by atoms with Gasteiger partial charge in [-0.25, -0.2) is 4.68 Å². The van der Waals surface area contributed by atoms with Crippen molar-refractivity contribution in [3.63, 3.8) is 0 Å². The molecule has 1 heterocycles. The molecule has 1 aromatic heterocycles. The lowest BCUT2D eigenvalue weighted by Gasteiger charge is -2.27. The van der Waals surface area contributed by atoms with E-state index in [9.17, 15) is 5.11 Å². The van der Waals surface area contributed by atoms with E-state index < -0.39 is 6.10 Å². The molecule has 7 nitrogen and oxygen atoms in total. The van der Waals surface area contributed by atoms with Gasteiger partial charge in [-0.1, -0.05) is 44.2 Å². The van der Waals surface area contributed by atoms with Crippen LogP contribution in [0.5, 0.6) is 17.4 Å². The predicted octanol–water partition coefficient (Wildman–Crippen LogP) is 5.13. The predicted molar refractivity (Wildman–Crippen MR) is 139 cm³/mol. The molecular weight excluding hydrogens is 442 g/mol. The summed E-state index contributed by atoms with van der Waals surface area (Å²) in [5.41, 5.74) is 2.88. The quantitative estimate of drug-likeness (QED) is 0.365. The van der Waals surface area contributed by atoms with Gasteiger partial charge < -0.3 is 19.3 Å². The fraction of sp³-hybridized carbons (Fsp3) is 0.464. The number of aromatic nitrogens is 2. The first-order valence-electron chi connectivity index (χ1n) is 12.2. The largest absolute Gasteiger partial charge is 0.497 e. The van der Waals surface area contributed by atoms with Crippen molar-refractivity contribution in [2.24, 2.45) is 13.0 Å². The Morgan fingerprint density at radius 3 is 2.20 bits per heavy atom. The van der Waals surface area contributed by atoms with Gasteiger partial charge in [-0.2, -0.15) is 5.10 Å². The molecule has 0 bridgehead atoms. The zero-order valence-electron chi connectivity index (χ0n) is 21.8. The lowest BCUT2D eigenvalue weighted by molar-refractivity contribution is -0.0109. The van der Waals surface area contributed by atoms with Crippen LogP contribution in [-0.2, 0) is 18.3 Å². The van der Waals surface area contributed by atoms with Crippen molar-refractivity contribution < 1.29 is 19.3 Å². The van der Waals surface area contributed by atoms with Crippen LogP contribution >= 0.6 is 0 Å². The lowest BCUT2D eigenvalue weighted by Crippen LogP contribution is -2.37. The highest BCUT2D eigenvalue weighted by molar-refractivity contribution is 5.65. The van der Waals surface area contributed by atoms with E-state index in [1.165, 1.54) is 0 Å². The van der Waals surface area contributed by atoms with Gasteiger partial charge in [0.05, 0.1) is 31.5 Å². The summed E-state index contributed by atoms with van der Waals surface area (Å²) in [6.45, 7) is 10.5. The van der Waals surface area contributed by atoms with Crippen molar-refractivity contribution >= 4 is 0 Å². The monoisotopic (exact) mass is 481 g/mol. The first kappa shape index (κ1) is 26.7. The van der Waals surface area contributed by atoms with E-state index in [1.54, 1.807) is 11.8 Å². The molecule has 0 fully saturated rings. The zero-order valence-corrected chi connectivity index (χ0v) is 21.8. The summed E-state index contributed by atoms with van der Waals surface area (Å²) in [6, 6.07) is 17.7. The zero-order chi connectivity index (χ0) is 25.4. The minimum absolute atomic E-state index is 0.0794. The van der Waals surface area contributed by atoms with Crippen LogP contribution in [0.4, 0.5) is 0 Å². The third-order valence-electron chi connectivity index (χ3n) is 5.51. The fourth-order valence-corrected chi connectivity index (χ4v) is 4.00. The molecule has 2 aromatic carbocycles. The molecule has 0 amide bonds. The second-order valence-corrected chi connectivity index (χ2v) is 9.52. The van der Waals surface area contributed by atoms with Gasteiger partial charge in [-0.15, -0.1) is 0 Å². The summed E-state index contributed by atoms with van der Waals surface area (Å²) in [6.07, 6.45) is -0.505. The van der Waals surface area contributed by atoms with E-state index in [0.717, 1.165) is 29.1 Å². The maximum Gasteiger partial charge on any atom is 0.222 e. The molecule has 0 aliphatic carbocycles. The molecule has 0 saturated heterocycles. The Hall–Kier alpha value is -2.87. The van der Waals surface area contributed by atoms with Gasteiger partial charge in [0.1, 0.15) is 17.2 Å². The van der Waals surface area contributed by atoms with Gasteiger partial charge in [0.2, 0.25) is 5.88 Å². The molecule has 190 valence electrons. The average molecular weight is 482 g/mol. The molecule has 0 radical (unpaired) electrons. The minimum atomic E-state index is -0.584. The van der Waals surface area contributed by atoms with Crippen LogP contribution in [-0.4, -0.2) is 58.8 Å². The Labute approximate surface area is 209 Å². The Morgan fingerprint density at radius 2 is 1.60 bits per heavy atom. The number of aliphatic hydroxyl groups excluding tert-OH is 1. The van der Waals surface area contributed by atoms with Gasteiger partial charge in [0.25, 0.3) is 0 Å². The second kappa shape index (κ2) is 12.7. The van der Waals surface area contributed by atoms with E-state index in [0.29, 0.717) is 37.2 Å². The molecule has 3 aromatic rings. The summed E-state index contributed by atoms with van der Waals surface area (Å²) in [7, 11) is 3.54. The third kappa shape index (κ3) is 7.82. The van der Waals surface area contributed by atoms with Gasteiger partial charge in [0, 0.05) is 32.2 Å². The van der Waals surface area contributed by atoms with Crippen LogP contribution in [0.2, 0.25) is 0 Å². The highest BCUT2D eigenvalue weighted by atomic mass is 16.5. The van der Waals surface area contributed by atoms with Crippen LogP contribution < -0.4 is 9.47 Å². The van der Waals surface area contributed by atoms with Crippen molar-refractivity contribution in [3.05, 3.63) is 60.2 Å².